The lowest BCUT2D eigenvalue weighted by Gasteiger charge is -2.42. The second-order valence-electron chi connectivity index (χ2n) is 13.7. The van der Waals surface area contributed by atoms with Gasteiger partial charge < -0.3 is 0 Å². The predicted molar refractivity (Wildman–Crippen MR) is 216 cm³/mol. The van der Waals surface area contributed by atoms with Crippen molar-refractivity contribution in [1.29, 1.82) is 0 Å². The van der Waals surface area contributed by atoms with Gasteiger partial charge in [0.05, 0.1) is 0 Å². The minimum Gasteiger partial charge on any atom is -0.140 e. The van der Waals surface area contributed by atoms with Crippen molar-refractivity contribution in [3.8, 4) is 22.3 Å². The molecule has 10 rings (SSSR count). The molecule has 0 atom stereocenters. The fourth-order valence-electron chi connectivity index (χ4n) is 8.60. The molecule has 1 heterocycles. The lowest BCUT2D eigenvalue weighted by atomic mass is 9.83. The monoisotopic (exact) mass is 740 g/mol. The normalized spacial score (nSPS) is 14.8. The van der Waals surface area contributed by atoms with E-state index in [1.807, 2.05) is 6.07 Å². The van der Waals surface area contributed by atoms with Crippen molar-refractivity contribution in [3.63, 3.8) is 0 Å². The second-order valence-corrected chi connectivity index (χ2v) is 17.2. The highest BCUT2D eigenvalue weighted by Gasteiger charge is 2.67. The van der Waals surface area contributed by atoms with Crippen LogP contribution in [0.15, 0.2) is 157 Å². The van der Waals surface area contributed by atoms with Crippen LogP contribution in [0.2, 0.25) is 0 Å². The number of fused-ring (bicyclic) bond motifs is 7. The van der Waals surface area contributed by atoms with Crippen molar-refractivity contribution in [2.75, 3.05) is 0 Å². The molecule has 1 aliphatic rings. The minimum absolute atomic E-state index is 0.168. The Hall–Kier alpha value is -5.50. The molecule has 8 aromatic carbocycles. The van der Waals surface area contributed by atoms with E-state index in [1.54, 1.807) is 35.6 Å². The predicted octanol–water partition coefficient (Wildman–Crippen LogP) is 15.9. The van der Waals surface area contributed by atoms with Gasteiger partial charge in [-0.2, -0.15) is 0 Å². The number of hydrogen-bond donors (Lipinski definition) is 0. The van der Waals surface area contributed by atoms with E-state index in [9.17, 15) is 19.4 Å². The number of halogens is 5. The first kappa shape index (κ1) is 32.2. The highest BCUT2D eigenvalue weighted by Crippen LogP contribution is 3.03. The molecular formula is C46H29F5S2. The van der Waals surface area contributed by atoms with Gasteiger partial charge in [0.1, 0.15) is 4.90 Å². The molecule has 1 aliphatic carbocycles. The van der Waals surface area contributed by atoms with Gasteiger partial charge in [0, 0.05) is 31.3 Å². The van der Waals surface area contributed by atoms with Crippen LogP contribution in [0.5, 0.6) is 0 Å². The molecule has 0 radical (unpaired) electrons. The van der Waals surface area contributed by atoms with Crippen molar-refractivity contribution < 1.29 is 19.4 Å². The second kappa shape index (κ2) is 10.8. The van der Waals surface area contributed by atoms with Crippen molar-refractivity contribution in [3.05, 3.63) is 168 Å². The molecule has 0 spiro atoms. The number of allylic oxidation sites excluding steroid dienone is 1. The van der Waals surface area contributed by atoms with Crippen molar-refractivity contribution >= 4 is 80.3 Å². The summed E-state index contributed by atoms with van der Waals surface area (Å²) in [6.07, 6.45) is 3.54. The van der Waals surface area contributed by atoms with E-state index in [-0.39, 0.29) is 10.8 Å². The summed E-state index contributed by atoms with van der Waals surface area (Å²) in [5.74, 6) is 0. The van der Waals surface area contributed by atoms with Gasteiger partial charge in [-0.15, -0.1) is 11.3 Å². The summed E-state index contributed by atoms with van der Waals surface area (Å²) in [5, 5.41) is 5.00. The number of benzene rings is 8. The van der Waals surface area contributed by atoms with Crippen LogP contribution in [0, 0.1) is 0 Å². The Balaban J connectivity index is 1.22. The summed E-state index contributed by atoms with van der Waals surface area (Å²) < 4.78 is 75.3. The first-order valence-electron chi connectivity index (χ1n) is 17.4. The van der Waals surface area contributed by atoms with Crippen LogP contribution in [0.25, 0.3) is 81.0 Å². The minimum atomic E-state index is -10.1. The molecule has 0 saturated heterocycles. The van der Waals surface area contributed by atoms with E-state index in [2.05, 4.69) is 97.1 Å². The van der Waals surface area contributed by atoms with Gasteiger partial charge in [-0.3, -0.25) is 0 Å². The average molecular weight is 741 g/mol. The summed E-state index contributed by atoms with van der Waals surface area (Å²) >= 11 is 1.70. The lowest BCUT2D eigenvalue weighted by Crippen LogP contribution is -2.09. The van der Waals surface area contributed by atoms with E-state index in [4.69, 9.17) is 0 Å². The molecular weight excluding hydrogens is 712 g/mol. The van der Waals surface area contributed by atoms with Crippen LogP contribution < -0.4 is 0 Å². The molecule has 53 heavy (non-hydrogen) atoms. The molecule has 0 N–H and O–H groups in total. The summed E-state index contributed by atoms with van der Waals surface area (Å²) in [6, 6.07) is 45.5. The summed E-state index contributed by atoms with van der Waals surface area (Å²) in [6.45, 7) is 0. The fourth-order valence-corrected chi connectivity index (χ4v) is 11.1. The van der Waals surface area contributed by atoms with E-state index >= 15 is 0 Å². The maximum absolute atomic E-state index is 14.8. The Labute approximate surface area is 306 Å². The van der Waals surface area contributed by atoms with Gasteiger partial charge in [-0.25, -0.2) is 0 Å². The molecule has 0 amide bonds. The number of hydrogen-bond acceptors (Lipinski definition) is 1. The van der Waals surface area contributed by atoms with E-state index < -0.39 is 25.9 Å². The van der Waals surface area contributed by atoms with Gasteiger partial charge in [-0.05, 0) is 84.6 Å². The molecule has 9 aromatic rings. The molecule has 0 saturated carbocycles. The Kier molecular flexibility index (Phi) is 6.54. The van der Waals surface area contributed by atoms with E-state index in [0.717, 1.165) is 70.8 Å². The van der Waals surface area contributed by atoms with Gasteiger partial charge in [-0.1, -0.05) is 165 Å². The molecule has 1 aromatic heterocycles. The summed E-state index contributed by atoms with van der Waals surface area (Å²) in [5.41, 5.74) is 6.87. The van der Waals surface area contributed by atoms with Crippen molar-refractivity contribution in [1.82, 2.24) is 0 Å². The smallest absolute Gasteiger partial charge is 0.140 e. The molecule has 0 nitrogen and oxygen atoms in total. The van der Waals surface area contributed by atoms with Gasteiger partial charge in [0.15, 0.2) is 0 Å². The highest BCUT2D eigenvalue weighted by atomic mass is 32.5. The third-order valence-electron chi connectivity index (χ3n) is 10.6. The van der Waals surface area contributed by atoms with Crippen LogP contribution in [0.1, 0.15) is 22.4 Å². The Morgan fingerprint density at radius 1 is 0.415 bits per heavy atom. The maximum Gasteiger partial charge on any atom is 0.311 e. The first-order chi connectivity index (χ1) is 25.5. The van der Waals surface area contributed by atoms with Crippen LogP contribution in [-0.2, 0) is 6.42 Å². The molecule has 0 bridgehead atoms. The standard InChI is InChI=1S/C46H29F5S2/c47-53(48,49,50,51)46-36-21-10-8-19-34(36)44(35-20-9-11-22-37(35)46)39-23-12-24-40-45(39)38-26-25-29(27-41(38)52-40)43-32-17-6-4-15-30(32)42(28-13-2-1-3-14-28)31-16-5-7-18-33(31)43/h1-11,13-23,25-27H,12,24H2. The lowest BCUT2D eigenvalue weighted by molar-refractivity contribution is 0.367. The number of aryl methyl sites for hydroxylation is 1. The van der Waals surface area contributed by atoms with Crippen LogP contribution >= 0.6 is 21.6 Å². The molecule has 0 unspecified atom stereocenters. The van der Waals surface area contributed by atoms with Gasteiger partial charge in [0.25, 0.3) is 0 Å². The zero-order chi connectivity index (χ0) is 36.2. The molecule has 0 fully saturated rings. The summed E-state index contributed by atoms with van der Waals surface area (Å²) in [4.78, 5) is -0.678. The largest absolute Gasteiger partial charge is 0.311 e. The fraction of sp³-hybridized carbons (Fsp3) is 0.0435. The zero-order valence-corrected chi connectivity index (χ0v) is 29.7. The van der Waals surface area contributed by atoms with E-state index in [1.165, 1.54) is 29.8 Å². The van der Waals surface area contributed by atoms with Crippen LogP contribution in [0.3, 0.4) is 0 Å². The van der Waals surface area contributed by atoms with Crippen molar-refractivity contribution in [2.24, 2.45) is 0 Å². The highest BCUT2D eigenvalue weighted by molar-refractivity contribution is 8.46. The third kappa shape index (κ3) is 5.02. The Bertz CT molecular complexity index is 2920. The Morgan fingerprint density at radius 2 is 0.868 bits per heavy atom. The zero-order valence-electron chi connectivity index (χ0n) is 28.1. The Morgan fingerprint density at radius 3 is 1.38 bits per heavy atom. The van der Waals surface area contributed by atoms with Gasteiger partial charge >= 0.3 is 10.2 Å². The van der Waals surface area contributed by atoms with E-state index in [0.29, 0.717) is 12.0 Å². The topological polar surface area (TPSA) is 0 Å². The maximum atomic E-state index is 14.8. The molecule has 7 heteroatoms. The summed E-state index contributed by atoms with van der Waals surface area (Å²) in [7, 11) is -10.1. The quantitative estimate of drug-likeness (QED) is 0.124. The molecule has 260 valence electrons. The van der Waals surface area contributed by atoms with Crippen LogP contribution in [-0.4, -0.2) is 0 Å². The molecule has 0 aliphatic heterocycles. The average Bonchev–Trinajstić information content (AvgIpc) is 3.53. The first-order valence-corrected chi connectivity index (χ1v) is 20.2. The number of rotatable bonds is 4. The van der Waals surface area contributed by atoms with Crippen LogP contribution in [0.4, 0.5) is 19.4 Å². The third-order valence-corrected chi connectivity index (χ3v) is 13.0. The SMILES string of the molecule is FS(F)(F)(F)(F)c1c2ccccc2c(C2=CCCc3sc4cc(-c5c6ccccc6c(-c6ccccc6)c6ccccc56)ccc4c32)c2ccccc12. The van der Waals surface area contributed by atoms with Crippen molar-refractivity contribution in [2.45, 2.75) is 17.7 Å². The van der Waals surface area contributed by atoms with Gasteiger partial charge in [0.2, 0.25) is 0 Å². The number of thiophene rings is 1.